The molecule has 1 aliphatic rings. The lowest BCUT2D eigenvalue weighted by molar-refractivity contribution is 0.0716. The van der Waals surface area contributed by atoms with Crippen molar-refractivity contribution in [2.24, 2.45) is 0 Å². The molecule has 0 atom stereocenters. The Balaban J connectivity index is 1.33. The number of hydrogen-bond donors (Lipinski definition) is 0. The van der Waals surface area contributed by atoms with Gasteiger partial charge in [0.15, 0.2) is 4.96 Å². The molecule has 0 bridgehead atoms. The Hall–Kier alpha value is -3.26. The third kappa shape index (κ3) is 3.25. The highest BCUT2D eigenvalue weighted by Gasteiger charge is 2.25. The lowest BCUT2D eigenvalue weighted by Crippen LogP contribution is -2.37. The van der Waals surface area contributed by atoms with E-state index in [0.717, 1.165) is 21.6 Å². The average Bonchev–Trinajstić information content (AvgIpc) is 3.22. The van der Waals surface area contributed by atoms with Crippen molar-refractivity contribution in [2.45, 2.75) is 6.42 Å². The number of benzene rings is 1. The molecular formula is C21H19N5O2S. The molecule has 5 rings (SSSR count). The zero-order valence-electron chi connectivity index (χ0n) is 15.7. The van der Waals surface area contributed by atoms with Crippen LogP contribution in [0.15, 0.2) is 55.0 Å². The number of para-hydroxylation sites is 1. The Morgan fingerprint density at radius 2 is 1.72 bits per heavy atom. The number of hydrogen-bond acceptors (Lipinski definition) is 5. The van der Waals surface area contributed by atoms with Crippen LogP contribution in [-0.4, -0.2) is 62.2 Å². The van der Waals surface area contributed by atoms with E-state index in [4.69, 9.17) is 0 Å². The van der Waals surface area contributed by atoms with Gasteiger partial charge >= 0.3 is 0 Å². The molecule has 1 saturated heterocycles. The van der Waals surface area contributed by atoms with Gasteiger partial charge in [-0.05, 0) is 30.7 Å². The Labute approximate surface area is 171 Å². The van der Waals surface area contributed by atoms with Crippen LogP contribution in [0, 0.1) is 0 Å². The summed E-state index contributed by atoms with van der Waals surface area (Å²) >= 11 is 1.57. The van der Waals surface area contributed by atoms with Crippen molar-refractivity contribution in [3.05, 3.63) is 66.2 Å². The average molecular weight is 405 g/mol. The number of carbonyl (C=O) groups is 2. The van der Waals surface area contributed by atoms with Crippen molar-refractivity contribution < 1.29 is 9.59 Å². The fourth-order valence-electron chi connectivity index (χ4n) is 3.71. The van der Waals surface area contributed by atoms with Crippen LogP contribution < -0.4 is 0 Å². The third-order valence-electron chi connectivity index (χ3n) is 5.20. The quantitative estimate of drug-likeness (QED) is 0.514. The van der Waals surface area contributed by atoms with Crippen molar-refractivity contribution in [3.8, 4) is 0 Å². The molecule has 0 N–H and O–H groups in total. The second kappa shape index (κ2) is 7.29. The highest BCUT2D eigenvalue weighted by atomic mass is 32.1. The fraction of sp³-hybridized carbons (Fsp3) is 0.238. The number of pyridine rings is 1. The van der Waals surface area contributed by atoms with Gasteiger partial charge in [-0.25, -0.2) is 4.98 Å². The van der Waals surface area contributed by atoms with Gasteiger partial charge in [-0.3, -0.25) is 19.0 Å². The summed E-state index contributed by atoms with van der Waals surface area (Å²) in [6, 6.07) is 11.6. The molecule has 146 valence electrons. The lowest BCUT2D eigenvalue weighted by Gasteiger charge is -2.21. The maximum Gasteiger partial charge on any atom is 0.274 e. The fourth-order valence-corrected chi connectivity index (χ4v) is 4.72. The van der Waals surface area contributed by atoms with Crippen LogP contribution in [0.4, 0.5) is 0 Å². The first-order valence-electron chi connectivity index (χ1n) is 9.56. The van der Waals surface area contributed by atoms with Gasteiger partial charge < -0.3 is 9.80 Å². The molecule has 0 spiro atoms. The topological polar surface area (TPSA) is 70.8 Å². The zero-order chi connectivity index (χ0) is 19.8. The van der Waals surface area contributed by atoms with E-state index in [-0.39, 0.29) is 11.8 Å². The molecule has 2 amide bonds. The number of aromatic nitrogens is 3. The summed E-state index contributed by atoms with van der Waals surface area (Å²) in [6.07, 6.45) is 5.79. The van der Waals surface area contributed by atoms with Crippen LogP contribution in [0.3, 0.4) is 0 Å². The molecule has 3 aromatic heterocycles. The largest absolute Gasteiger partial charge is 0.337 e. The van der Waals surface area contributed by atoms with Crippen LogP contribution in [0.2, 0.25) is 0 Å². The maximum absolute atomic E-state index is 13.0. The second-order valence-electron chi connectivity index (χ2n) is 7.03. The van der Waals surface area contributed by atoms with E-state index in [1.54, 1.807) is 45.7 Å². The van der Waals surface area contributed by atoms with Crippen LogP contribution in [0.1, 0.15) is 27.3 Å². The highest BCUT2D eigenvalue weighted by molar-refractivity contribution is 7.23. The first-order chi connectivity index (χ1) is 14.2. The summed E-state index contributed by atoms with van der Waals surface area (Å²) in [4.78, 5) is 38.7. The first kappa shape index (κ1) is 17.8. The number of amides is 2. The summed E-state index contributed by atoms with van der Waals surface area (Å²) in [7, 11) is 0. The predicted octanol–water partition coefficient (Wildman–Crippen LogP) is 2.93. The minimum atomic E-state index is -0.0827. The van der Waals surface area contributed by atoms with Crippen molar-refractivity contribution >= 4 is 38.3 Å². The number of fused-ring (bicyclic) bond motifs is 3. The zero-order valence-corrected chi connectivity index (χ0v) is 16.5. The Morgan fingerprint density at radius 3 is 2.52 bits per heavy atom. The molecule has 29 heavy (non-hydrogen) atoms. The van der Waals surface area contributed by atoms with Crippen molar-refractivity contribution in [1.82, 2.24) is 24.2 Å². The third-order valence-corrected chi connectivity index (χ3v) is 6.23. The molecule has 1 aliphatic heterocycles. The van der Waals surface area contributed by atoms with Crippen molar-refractivity contribution in [2.75, 3.05) is 26.2 Å². The van der Waals surface area contributed by atoms with E-state index >= 15 is 0 Å². The predicted molar refractivity (Wildman–Crippen MR) is 111 cm³/mol. The van der Waals surface area contributed by atoms with Crippen LogP contribution in [-0.2, 0) is 0 Å². The number of carbonyl (C=O) groups excluding carboxylic acids is 2. The number of imidazole rings is 1. The first-order valence-corrected chi connectivity index (χ1v) is 10.4. The molecule has 0 radical (unpaired) electrons. The van der Waals surface area contributed by atoms with E-state index in [1.807, 2.05) is 28.8 Å². The van der Waals surface area contributed by atoms with Gasteiger partial charge in [0.1, 0.15) is 5.69 Å². The molecule has 0 aliphatic carbocycles. The van der Waals surface area contributed by atoms with Gasteiger partial charge in [0.2, 0.25) is 0 Å². The van der Waals surface area contributed by atoms with E-state index in [1.165, 1.54) is 0 Å². The summed E-state index contributed by atoms with van der Waals surface area (Å²) in [5.74, 6) is -0.123. The van der Waals surface area contributed by atoms with Crippen molar-refractivity contribution in [1.29, 1.82) is 0 Å². The SMILES string of the molecule is O=C(c1cccnc1)N1CCCN(C(=O)c2cn3c(n2)sc2ccccc23)CC1. The lowest BCUT2D eigenvalue weighted by atomic mass is 10.2. The summed E-state index contributed by atoms with van der Waals surface area (Å²) in [5, 5.41) is 0. The molecule has 4 heterocycles. The van der Waals surface area contributed by atoms with Gasteiger partial charge in [0.05, 0.1) is 15.8 Å². The molecular weight excluding hydrogens is 386 g/mol. The summed E-state index contributed by atoms with van der Waals surface area (Å²) in [6.45, 7) is 2.24. The van der Waals surface area contributed by atoms with Crippen molar-refractivity contribution in [3.63, 3.8) is 0 Å². The Morgan fingerprint density at radius 1 is 0.931 bits per heavy atom. The number of rotatable bonds is 2. The molecule has 8 heteroatoms. The Kier molecular flexibility index (Phi) is 4.48. The minimum absolute atomic E-state index is 0.0404. The standard InChI is InChI=1S/C21H19N5O2S/c27-19(15-5-3-8-22-13-15)24-9-4-10-25(12-11-24)20(28)16-14-26-17-6-1-2-7-18(17)29-21(26)23-16/h1-3,5-8,13-14H,4,9-12H2. The summed E-state index contributed by atoms with van der Waals surface area (Å²) < 4.78 is 3.12. The molecule has 1 fully saturated rings. The van der Waals surface area contributed by atoms with Gasteiger partial charge in [-0.15, -0.1) is 0 Å². The monoisotopic (exact) mass is 405 g/mol. The minimum Gasteiger partial charge on any atom is -0.337 e. The molecule has 0 saturated carbocycles. The van der Waals surface area contributed by atoms with E-state index < -0.39 is 0 Å². The van der Waals surface area contributed by atoms with Crippen LogP contribution in [0.5, 0.6) is 0 Å². The van der Waals surface area contributed by atoms with Gasteiger partial charge in [-0.2, -0.15) is 0 Å². The number of nitrogens with zero attached hydrogens (tertiary/aromatic N) is 5. The highest BCUT2D eigenvalue weighted by Crippen LogP contribution is 2.26. The normalized spacial score (nSPS) is 15.0. The van der Waals surface area contributed by atoms with Gasteiger partial charge in [-0.1, -0.05) is 23.5 Å². The summed E-state index contributed by atoms with van der Waals surface area (Å²) in [5.41, 5.74) is 2.09. The van der Waals surface area contributed by atoms with E-state index in [9.17, 15) is 9.59 Å². The molecule has 7 nitrogen and oxygen atoms in total. The number of thiazole rings is 1. The molecule has 1 aromatic carbocycles. The Bertz CT molecular complexity index is 1200. The van der Waals surface area contributed by atoms with Gasteiger partial charge in [0, 0.05) is 44.8 Å². The van der Waals surface area contributed by atoms with Crippen LogP contribution in [0.25, 0.3) is 15.2 Å². The molecule has 0 unspecified atom stereocenters. The maximum atomic E-state index is 13.0. The smallest absolute Gasteiger partial charge is 0.274 e. The second-order valence-corrected chi connectivity index (χ2v) is 8.04. The van der Waals surface area contributed by atoms with E-state index in [2.05, 4.69) is 16.0 Å². The van der Waals surface area contributed by atoms with Crippen LogP contribution >= 0.6 is 11.3 Å². The van der Waals surface area contributed by atoms with Gasteiger partial charge in [0.25, 0.3) is 11.8 Å². The van der Waals surface area contributed by atoms with E-state index in [0.29, 0.717) is 37.4 Å². The molecule has 4 aromatic rings.